The van der Waals surface area contributed by atoms with E-state index in [-0.39, 0.29) is 12.8 Å². The Balaban J connectivity index is 1.71. The summed E-state index contributed by atoms with van der Waals surface area (Å²) in [5.41, 5.74) is 3.35. The third kappa shape index (κ3) is 4.97. The fraction of sp³-hybridized carbons (Fsp3) is 0.235. The van der Waals surface area contributed by atoms with Crippen molar-refractivity contribution in [1.82, 2.24) is 10.6 Å². The molecule has 2 amide bonds. The van der Waals surface area contributed by atoms with Crippen LogP contribution in [0.2, 0.25) is 5.02 Å². The highest BCUT2D eigenvalue weighted by molar-refractivity contribution is 6.30. The van der Waals surface area contributed by atoms with Gasteiger partial charge in [0, 0.05) is 11.6 Å². The minimum absolute atomic E-state index is 0.120. The van der Waals surface area contributed by atoms with Gasteiger partial charge in [-0.15, -0.1) is 0 Å². The van der Waals surface area contributed by atoms with Crippen molar-refractivity contribution in [2.45, 2.75) is 20.4 Å². The molecule has 0 bridgehead atoms. The van der Waals surface area contributed by atoms with Gasteiger partial charge in [0.1, 0.15) is 5.75 Å². The average molecular weight is 319 g/mol. The van der Waals surface area contributed by atoms with E-state index in [4.69, 9.17) is 16.3 Å². The molecule has 5 heteroatoms. The molecule has 0 spiro atoms. The van der Waals surface area contributed by atoms with Crippen LogP contribution in [0.3, 0.4) is 0 Å². The fourth-order valence-electron chi connectivity index (χ4n) is 1.84. The van der Waals surface area contributed by atoms with E-state index in [0.717, 1.165) is 16.9 Å². The molecule has 0 unspecified atom stereocenters. The second-order valence-electron chi connectivity index (χ2n) is 5.02. The molecule has 2 N–H and O–H groups in total. The maximum absolute atomic E-state index is 11.7. The van der Waals surface area contributed by atoms with Crippen LogP contribution in [0.15, 0.2) is 42.5 Å². The molecule has 0 saturated carbocycles. The zero-order valence-corrected chi connectivity index (χ0v) is 13.4. The van der Waals surface area contributed by atoms with E-state index >= 15 is 0 Å². The maximum atomic E-state index is 11.7. The molecule has 0 aromatic heterocycles. The van der Waals surface area contributed by atoms with Crippen molar-refractivity contribution in [3.8, 4) is 5.75 Å². The Labute approximate surface area is 135 Å². The molecule has 2 rings (SSSR count). The highest BCUT2D eigenvalue weighted by Gasteiger charge is 2.01. The minimum Gasteiger partial charge on any atom is -0.473 e. The molecule has 116 valence electrons. The van der Waals surface area contributed by atoms with Crippen LogP contribution in [0.4, 0.5) is 4.79 Å². The second kappa shape index (κ2) is 7.71. The SMILES string of the molecule is Cc1ccc(OCNC(=O)NCc2ccc(Cl)cc2)cc1C. The molecule has 0 aliphatic heterocycles. The lowest BCUT2D eigenvalue weighted by Crippen LogP contribution is -2.37. The van der Waals surface area contributed by atoms with Gasteiger partial charge in [0.15, 0.2) is 6.73 Å². The zero-order valence-electron chi connectivity index (χ0n) is 12.7. The van der Waals surface area contributed by atoms with Crippen LogP contribution in [-0.4, -0.2) is 12.8 Å². The van der Waals surface area contributed by atoms with Gasteiger partial charge in [-0.05, 0) is 54.8 Å². The van der Waals surface area contributed by atoms with E-state index in [2.05, 4.69) is 10.6 Å². The molecule has 0 fully saturated rings. The van der Waals surface area contributed by atoms with Crippen molar-refractivity contribution in [3.63, 3.8) is 0 Å². The smallest absolute Gasteiger partial charge is 0.317 e. The lowest BCUT2D eigenvalue weighted by atomic mass is 10.1. The number of aryl methyl sites for hydroxylation is 2. The van der Waals surface area contributed by atoms with Crippen LogP contribution in [0.1, 0.15) is 16.7 Å². The number of hydrogen-bond donors (Lipinski definition) is 2. The third-order valence-electron chi connectivity index (χ3n) is 3.32. The van der Waals surface area contributed by atoms with Crippen LogP contribution in [0, 0.1) is 13.8 Å². The summed E-state index contributed by atoms with van der Waals surface area (Å²) in [5, 5.41) is 6.08. The average Bonchev–Trinajstić information content (AvgIpc) is 2.50. The lowest BCUT2D eigenvalue weighted by molar-refractivity contribution is 0.223. The van der Waals surface area contributed by atoms with Gasteiger partial charge in [0.25, 0.3) is 0 Å². The number of urea groups is 1. The van der Waals surface area contributed by atoms with Crippen LogP contribution in [-0.2, 0) is 6.54 Å². The van der Waals surface area contributed by atoms with Crippen LogP contribution in [0.25, 0.3) is 0 Å². The van der Waals surface area contributed by atoms with Gasteiger partial charge in [-0.25, -0.2) is 4.79 Å². The lowest BCUT2D eigenvalue weighted by Gasteiger charge is -2.10. The molecule has 22 heavy (non-hydrogen) atoms. The first kappa shape index (κ1) is 16.2. The van der Waals surface area contributed by atoms with Crippen molar-refractivity contribution in [2.75, 3.05) is 6.73 Å². The van der Waals surface area contributed by atoms with Crippen molar-refractivity contribution in [1.29, 1.82) is 0 Å². The van der Waals surface area contributed by atoms with E-state index in [1.54, 1.807) is 12.1 Å². The molecule has 0 aliphatic carbocycles. The van der Waals surface area contributed by atoms with Crippen LogP contribution < -0.4 is 15.4 Å². The van der Waals surface area contributed by atoms with Gasteiger partial charge < -0.3 is 15.4 Å². The standard InChI is InChI=1S/C17H19ClN2O2/c1-12-3-8-16(9-13(12)2)22-11-20-17(21)19-10-14-4-6-15(18)7-5-14/h3-9H,10-11H2,1-2H3,(H2,19,20,21). The minimum atomic E-state index is -0.279. The number of carbonyl (C=O) groups is 1. The van der Waals surface area contributed by atoms with Gasteiger partial charge in [-0.1, -0.05) is 29.8 Å². The van der Waals surface area contributed by atoms with Gasteiger partial charge in [0.2, 0.25) is 0 Å². The largest absolute Gasteiger partial charge is 0.473 e. The Kier molecular flexibility index (Phi) is 5.67. The summed E-state index contributed by atoms with van der Waals surface area (Å²) in [5.74, 6) is 0.737. The molecular formula is C17H19ClN2O2. The molecule has 0 saturated heterocycles. The molecule has 0 heterocycles. The Hall–Kier alpha value is -2.20. The first-order chi connectivity index (χ1) is 10.5. The first-order valence-electron chi connectivity index (χ1n) is 7.01. The Morgan fingerprint density at radius 3 is 2.45 bits per heavy atom. The summed E-state index contributed by atoms with van der Waals surface area (Å²) in [6.07, 6.45) is 0. The predicted octanol–water partition coefficient (Wildman–Crippen LogP) is 3.79. The summed E-state index contributed by atoms with van der Waals surface area (Å²) < 4.78 is 5.49. The van der Waals surface area contributed by atoms with E-state index < -0.39 is 0 Å². The quantitative estimate of drug-likeness (QED) is 0.824. The third-order valence-corrected chi connectivity index (χ3v) is 3.57. The normalized spacial score (nSPS) is 10.1. The molecule has 0 radical (unpaired) electrons. The summed E-state index contributed by atoms with van der Waals surface area (Å²) in [6, 6.07) is 12.9. The number of nitrogens with one attached hydrogen (secondary N) is 2. The number of benzene rings is 2. The first-order valence-corrected chi connectivity index (χ1v) is 7.38. The Morgan fingerprint density at radius 2 is 1.77 bits per heavy atom. The molecule has 2 aromatic rings. The number of rotatable bonds is 5. The van der Waals surface area contributed by atoms with E-state index in [1.807, 2.05) is 44.2 Å². The molecule has 0 aliphatic rings. The topological polar surface area (TPSA) is 50.4 Å². The van der Waals surface area contributed by atoms with E-state index in [0.29, 0.717) is 11.6 Å². The number of ether oxygens (including phenoxy) is 1. The van der Waals surface area contributed by atoms with Crippen LogP contribution in [0.5, 0.6) is 5.75 Å². The highest BCUT2D eigenvalue weighted by Crippen LogP contribution is 2.15. The van der Waals surface area contributed by atoms with Gasteiger partial charge in [0.05, 0.1) is 0 Å². The summed E-state index contributed by atoms with van der Waals surface area (Å²) >= 11 is 5.81. The van der Waals surface area contributed by atoms with Crippen molar-refractivity contribution in [3.05, 3.63) is 64.2 Å². The molecule has 0 atom stereocenters. The van der Waals surface area contributed by atoms with Gasteiger partial charge in [-0.2, -0.15) is 0 Å². The monoisotopic (exact) mass is 318 g/mol. The van der Waals surface area contributed by atoms with Crippen LogP contribution >= 0.6 is 11.6 Å². The van der Waals surface area contributed by atoms with Gasteiger partial charge >= 0.3 is 6.03 Å². The van der Waals surface area contributed by atoms with Gasteiger partial charge in [-0.3, -0.25) is 0 Å². The summed E-state index contributed by atoms with van der Waals surface area (Å²) in [4.78, 5) is 11.7. The summed E-state index contributed by atoms with van der Waals surface area (Å²) in [7, 11) is 0. The molecule has 2 aromatic carbocycles. The zero-order chi connectivity index (χ0) is 15.9. The molecular weight excluding hydrogens is 300 g/mol. The Bertz CT molecular complexity index is 642. The number of amides is 2. The second-order valence-corrected chi connectivity index (χ2v) is 5.46. The molecule has 4 nitrogen and oxygen atoms in total. The maximum Gasteiger partial charge on any atom is 0.317 e. The predicted molar refractivity (Wildman–Crippen MR) is 88.2 cm³/mol. The number of hydrogen-bond acceptors (Lipinski definition) is 2. The van der Waals surface area contributed by atoms with Crippen molar-refractivity contribution < 1.29 is 9.53 Å². The fourth-order valence-corrected chi connectivity index (χ4v) is 1.96. The van der Waals surface area contributed by atoms with Crippen molar-refractivity contribution >= 4 is 17.6 Å². The van der Waals surface area contributed by atoms with E-state index in [1.165, 1.54) is 5.56 Å². The highest BCUT2D eigenvalue weighted by atomic mass is 35.5. The Morgan fingerprint density at radius 1 is 1.05 bits per heavy atom. The number of carbonyl (C=O) groups excluding carboxylic acids is 1. The van der Waals surface area contributed by atoms with E-state index in [9.17, 15) is 4.79 Å². The summed E-state index contributed by atoms with van der Waals surface area (Å²) in [6.45, 7) is 4.62. The number of halogens is 1. The van der Waals surface area contributed by atoms with Crippen molar-refractivity contribution in [2.24, 2.45) is 0 Å².